The van der Waals surface area contributed by atoms with Crippen molar-refractivity contribution in [3.05, 3.63) is 64.6 Å². The van der Waals surface area contributed by atoms with Crippen molar-refractivity contribution in [3.63, 3.8) is 0 Å². The van der Waals surface area contributed by atoms with Crippen molar-refractivity contribution in [2.24, 2.45) is 0 Å². The lowest BCUT2D eigenvalue weighted by molar-refractivity contribution is 0.296. The Bertz CT molecular complexity index is 487. The second kappa shape index (κ2) is 6.86. The number of halogens is 1. The second-order valence-electron chi connectivity index (χ2n) is 4.03. The predicted octanol–water partition coefficient (Wildman–Crippen LogP) is 4.54. The Balaban J connectivity index is 2.02. The molecule has 94 valence electrons. The van der Waals surface area contributed by atoms with Crippen molar-refractivity contribution >= 4 is 28.6 Å². The largest absolute Gasteiger partial charge is 0.492 e. The van der Waals surface area contributed by atoms with Gasteiger partial charge in [0, 0.05) is 11.7 Å². The minimum atomic E-state index is 0.307. The summed E-state index contributed by atoms with van der Waals surface area (Å²) in [5, 5.41) is 0. The smallest absolute Gasteiger partial charge is 0.133 e. The molecule has 0 N–H and O–H groups in total. The summed E-state index contributed by atoms with van der Waals surface area (Å²) in [5.74, 6) is 1.95. The standard InChI is InChI=1S/C15H15BrOS/c16-14-8-4-5-9-15(14)17-10-13(11-18)12-6-2-1-3-7-12/h1-9,13,18H,10-11H2. The van der Waals surface area contributed by atoms with Gasteiger partial charge in [-0.25, -0.2) is 0 Å². The Morgan fingerprint density at radius 3 is 2.33 bits per heavy atom. The average Bonchev–Trinajstić information content (AvgIpc) is 2.42. The molecule has 2 aromatic rings. The van der Waals surface area contributed by atoms with Gasteiger partial charge in [-0.1, -0.05) is 42.5 Å². The number of ether oxygens (including phenoxy) is 1. The summed E-state index contributed by atoms with van der Waals surface area (Å²) in [6.07, 6.45) is 0. The minimum Gasteiger partial charge on any atom is -0.492 e. The van der Waals surface area contributed by atoms with Crippen LogP contribution >= 0.6 is 28.6 Å². The highest BCUT2D eigenvalue weighted by Crippen LogP contribution is 2.26. The van der Waals surface area contributed by atoms with E-state index >= 15 is 0 Å². The molecule has 1 atom stereocenters. The summed E-state index contributed by atoms with van der Waals surface area (Å²) >= 11 is 7.89. The van der Waals surface area contributed by atoms with Crippen molar-refractivity contribution in [2.45, 2.75) is 5.92 Å². The van der Waals surface area contributed by atoms with Gasteiger partial charge in [-0.2, -0.15) is 12.6 Å². The first-order valence-corrected chi connectivity index (χ1v) is 7.27. The molecule has 0 saturated carbocycles. The number of benzene rings is 2. The zero-order valence-corrected chi connectivity index (χ0v) is 12.4. The fourth-order valence-electron chi connectivity index (χ4n) is 1.73. The molecule has 0 amide bonds. The van der Waals surface area contributed by atoms with Crippen LogP contribution in [-0.2, 0) is 0 Å². The molecule has 0 radical (unpaired) electrons. The van der Waals surface area contributed by atoms with E-state index in [1.807, 2.05) is 42.5 Å². The fourth-order valence-corrected chi connectivity index (χ4v) is 2.45. The van der Waals surface area contributed by atoms with Gasteiger partial charge in [-0.05, 0) is 33.6 Å². The summed E-state index contributed by atoms with van der Waals surface area (Å²) in [7, 11) is 0. The van der Waals surface area contributed by atoms with E-state index < -0.39 is 0 Å². The molecule has 0 aliphatic rings. The van der Waals surface area contributed by atoms with Gasteiger partial charge in [-0.3, -0.25) is 0 Å². The first-order chi connectivity index (χ1) is 8.81. The van der Waals surface area contributed by atoms with Gasteiger partial charge in [0.05, 0.1) is 11.1 Å². The van der Waals surface area contributed by atoms with Crippen molar-refractivity contribution in [1.82, 2.24) is 0 Å². The molecular formula is C15H15BrOS. The Morgan fingerprint density at radius 2 is 1.67 bits per heavy atom. The molecule has 0 bridgehead atoms. The van der Waals surface area contributed by atoms with Crippen LogP contribution in [0.4, 0.5) is 0 Å². The van der Waals surface area contributed by atoms with Crippen molar-refractivity contribution in [1.29, 1.82) is 0 Å². The number of hydrogen-bond acceptors (Lipinski definition) is 2. The predicted molar refractivity (Wildman–Crippen MR) is 82.7 cm³/mol. The van der Waals surface area contributed by atoms with E-state index in [-0.39, 0.29) is 0 Å². The van der Waals surface area contributed by atoms with E-state index in [2.05, 4.69) is 40.7 Å². The molecular weight excluding hydrogens is 308 g/mol. The molecule has 1 nitrogen and oxygen atoms in total. The SMILES string of the molecule is SCC(COc1ccccc1Br)c1ccccc1. The number of hydrogen-bond donors (Lipinski definition) is 1. The van der Waals surface area contributed by atoms with E-state index in [4.69, 9.17) is 4.74 Å². The number of para-hydroxylation sites is 1. The third kappa shape index (κ3) is 3.53. The van der Waals surface area contributed by atoms with Gasteiger partial charge in [0.15, 0.2) is 0 Å². The molecule has 0 spiro atoms. The molecule has 0 aliphatic carbocycles. The normalized spacial score (nSPS) is 12.1. The third-order valence-corrected chi connectivity index (χ3v) is 3.86. The van der Waals surface area contributed by atoms with Crippen LogP contribution in [-0.4, -0.2) is 12.4 Å². The quantitative estimate of drug-likeness (QED) is 0.795. The number of thiol groups is 1. The maximum atomic E-state index is 5.85. The Kier molecular flexibility index (Phi) is 5.14. The Labute approximate surface area is 122 Å². The highest BCUT2D eigenvalue weighted by atomic mass is 79.9. The van der Waals surface area contributed by atoms with Gasteiger partial charge < -0.3 is 4.74 Å². The van der Waals surface area contributed by atoms with Gasteiger partial charge >= 0.3 is 0 Å². The first kappa shape index (κ1) is 13.5. The Morgan fingerprint density at radius 1 is 1.00 bits per heavy atom. The molecule has 0 aliphatic heterocycles. The highest BCUT2D eigenvalue weighted by Gasteiger charge is 2.11. The zero-order chi connectivity index (χ0) is 12.8. The van der Waals surface area contributed by atoms with Crippen LogP contribution in [0.15, 0.2) is 59.1 Å². The van der Waals surface area contributed by atoms with E-state index in [0.29, 0.717) is 12.5 Å². The first-order valence-electron chi connectivity index (χ1n) is 5.84. The minimum absolute atomic E-state index is 0.307. The molecule has 1 unspecified atom stereocenters. The van der Waals surface area contributed by atoms with Crippen molar-refractivity contribution in [2.75, 3.05) is 12.4 Å². The van der Waals surface area contributed by atoms with Crippen molar-refractivity contribution in [3.8, 4) is 5.75 Å². The highest BCUT2D eigenvalue weighted by molar-refractivity contribution is 9.10. The van der Waals surface area contributed by atoms with E-state index in [9.17, 15) is 0 Å². The second-order valence-corrected chi connectivity index (χ2v) is 5.25. The Hall–Kier alpha value is -0.930. The molecule has 18 heavy (non-hydrogen) atoms. The molecule has 0 aromatic heterocycles. The summed E-state index contributed by atoms with van der Waals surface area (Å²) in [6, 6.07) is 18.2. The number of rotatable bonds is 5. The lowest BCUT2D eigenvalue weighted by atomic mass is 10.0. The fraction of sp³-hybridized carbons (Fsp3) is 0.200. The molecule has 0 saturated heterocycles. The van der Waals surface area contributed by atoms with Crippen LogP contribution in [0.5, 0.6) is 5.75 Å². The van der Waals surface area contributed by atoms with Crippen molar-refractivity contribution < 1.29 is 4.74 Å². The van der Waals surface area contributed by atoms with E-state index in [0.717, 1.165) is 16.0 Å². The lowest BCUT2D eigenvalue weighted by Crippen LogP contribution is -2.12. The van der Waals surface area contributed by atoms with Crippen LogP contribution in [0.3, 0.4) is 0 Å². The monoisotopic (exact) mass is 322 g/mol. The van der Waals surface area contributed by atoms with Crippen LogP contribution in [0.1, 0.15) is 11.5 Å². The molecule has 0 fully saturated rings. The van der Waals surface area contributed by atoms with E-state index in [1.54, 1.807) is 0 Å². The maximum absolute atomic E-state index is 5.85. The summed E-state index contributed by atoms with van der Waals surface area (Å²) < 4.78 is 6.83. The third-order valence-electron chi connectivity index (χ3n) is 2.77. The molecule has 0 heterocycles. The van der Waals surface area contributed by atoms with Gasteiger partial charge in [0.25, 0.3) is 0 Å². The lowest BCUT2D eigenvalue weighted by Gasteiger charge is -2.16. The van der Waals surface area contributed by atoms with Gasteiger partial charge in [0.2, 0.25) is 0 Å². The van der Waals surface area contributed by atoms with Crippen LogP contribution in [0.2, 0.25) is 0 Å². The van der Waals surface area contributed by atoms with Gasteiger partial charge in [-0.15, -0.1) is 0 Å². The van der Waals surface area contributed by atoms with E-state index in [1.165, 1.54) is 5.56 Å². The summed E-state index contributed by atoms with van der Waals surface area (Å²) in [5.41, 5.74) is 1.26. The van der Waals surface area contributed by atoms with Gasteiger partial charge in [0.1, 0.15) is 5.75 Å². The topological polar surface area (TPSA) is 9.23 Å². The van der Waals surface area contributed by atoms with Crippen LogP contribution in [0.25, 0.3) is 0 Å². The molecule has 3 heteroatoms. The maximum Gasteiger partial charge on any atom is 0.133 e. The van der Waals surface area contributed by atoms with Crippen LogP contribution < -0.4 is 4.74 Å². The molecule has 2 aromatic carbocycles. The van der Waals surface area contributed by atoms with Crippen LogP contribution in [0, 0.1) is 0 Å². The zero-order valence-electron chi connectivity index (χ0n) is 9.92. The average molecular weight is 323 g/mol. The summed E-state index contributed by atoms with van der Waals surface area (Å²) in [4.78, 5) is 0. The molecule has 2 rings (SSSR count). The summed E-state index contributed by atoms with van der Waals surface area (Å²) in [6.45, 7) is 0.635.